The summed E-state index contributed by atoms with van der Waals surface area (Å²) in [5.74, 6) is -0.00125. The minimum absolute atomic E-state index is 0.161. The number of carbonyl (C=O) groups is 1. The SMILES string of the molecule is COc1ccc(Nc2nnc(SC(C)C(=O)Nc3ccccc3F)s2)cc1. The Bertz CT molecular complexity index is 918. The molecule has 0 saturated carbocycles. The van der Waals surface area contributed by atoms with Gasteiger partial charge in [0.2, 0.25) is 11.0 Å². The molecule has 1 heterocycles. The maximum atomic E-state index is 13.6. The molecule has 140 valence electrons. The number of nitrogens with zero attached hydrogens (tertiary/aromatic N) is 2. The lowest BCUT2D eigenvalue weighted by Gasteiger charge is -2.10. The number of carbonyl (C=O) groups excluding carboxylic acids is 1. The molecule has 1 unspecified atom stereocenters. The third kappa shape index (κ3) is 5.18. The first kappa shape index (κ1) is 19.1. The summed E-state index contributed by atoms with van der Waals surface area (Å²) in [6.07, 6.45) is 0. The van der Waals surface area contributed by atoms with Gasteiger partial charge in [0.25, 0.3) is 0 Å². The summed E-state index contributed by atoms with van der Waals surface area (Å²) in [4.78, 5) is 12.3. The number of benzene rings is 2. The van der Waals surface area contributed by atoms with Gasteiger partial charge in [-0.1, -0.05) is 35.2 Å². The molecule has 0 aliphatic heterocycles. The Hall–Kier alpha value is -2.65. The van der Waals surface area contributed by atoms with Crippen LogP contribution in [0.4, 0.5) is 20.9 Å². The van der Waals surface area contributed by atoms with E-state index in [4.69, 9.17) is 4.74 Å². The summed E-state index contributed by atoms with van der Waals surface area (Å²) in [5, 5.41) is 14.1. The average molecular weight is 404 g/mol. The molecule has 27 heavy (non-hydrogen) atoms. The van der Waals surface area contributed by atoms with Gasteiger partial charge >= 0.3 is 0 Å². The molecule has 0 aliphatic carbocycles. The number of aromatic nitrogens is 2. The summed E-state index contributed by atoms with van der Waals surface area (Å²) < 4.78 is 19.4. The van der Waals surface area contributed by atoms with E-state index in [1.54, 1.807) is 26.2 Å². The van der Waals surface area contributed by atoms with Crippen molar-refractivity contribution in [2.75, 3.05) is 17.7 Å². The van der Waals surface area contributed by atoms with Gasteiger partial charge < -0.3 is 15.4 Å². The van der Waals surface area contributed by atoms with Crippen molar-refractivity contribution in [2.45, 2.75) is 16.5 Å². The number of para-hydroxylation sites is 1. The van der Waals surface area contributed by atoms with Crippen LogP contribution in [0.25, 0.3) is 0 Å². The molecule has 1 aromatic heterocycles. The molecule has 3 aromatic rings. The summed E-state index contributed by atoms with van der Waals surface area (Å²) in [5.41, 5.74) is 1.02. The van der Waals surface area contributed by atoms with Gasteiger partial charge in [-0.3, -0.25) is 4.79 Å². The van der Waals surface area contributed by atoms with Crippen LogP contribution >= 0.6 is 23.1 Å². The third-order valence-electron chi connectivity index (χ3n) is 3.53. The Kier molecular flexibility index (Phi) is 6.25. The normalized spacial score (nSPS) is 11.7. The van der Waals surface area contributed by atoms with E-state index in [0.717, 1.165) is 11.4 Å². The predicted molar refractivity (Wildman–Crippen MR) is 107 cm³/mol. The minimum atomic E-state index is -0.468. The zero-order valence-electron chi connectivity index (χ0n) is 14.6. The van der Waals surface area contributed by atoms with Gasteiger partial charge in [0.15, 0.2) is 4.34 Å². The molecular weight excluding hydrogens is 387 g/mol. The Balaban J connectivity index is 1.57. The van der Waals surface area contributed by atoms with Crippen molar-refractivity contribution < 1.29 is 13.9 Å². The van der Waals surface area contributed by atoms with E-state index in [9.17, 15) is 9.18 Å². The minimum Gasteiger partial charge on any atom is -0.497 e. The Morgan fingerprint density at radius 3 is 2.63 bits per heavy atom. The highest BCUT2D eigenvalue weighted by Crippen LogP contribution is 2.31. The number of amides is 1. The van der Waals surface area contributed by atoms with Crippen LogP contribution in [0.3, 0.4) is 0 Å². The molecule has 0 fully saturated rings. The monoisotopic (exact) mass is 404 g/mol. The fourth-order valence-electron chi connectivity index (χ4n) is 2.11. The number of halogens is 1. The largest absolute Gasteiger partial charge is 0.497 e. The fraction of sp³-hybridized carbons (Fsp3) is 0.167. The van der Waals surface area contributed by atoms with Crippen molar-refractivity contribution in [1.82, 2.24) is 10.2 Å². The predicted octanol–water partition coefficient (Wildman–Crippen LogP) is 4.55. The number of rotatable bonds is 7. The Morgan fingerprint density at radius 2 is 1.93 bits per heavy atom. The van der Waals surface area contributed by atoms with Crippen LogP contribution in [-0.2, 0) is 4.79 Å². The number of hydrogen-bond donors (Lipinski definition) is 2. The highest BCUT2D eigenvalue weighted by Gasteiger charge is 2.18. The zero-order chi connectivity index (χ0) is 19.2. The molecule has 1 atom stereocenters. The number of ether oxygens (including phenoxy) is 1. The summed E-state index contributed by atoms with van der Waals surface area (Å²) in [6, 6.07) is 13.5. The standard InChI is InChI=1S/C18H17FN4O2S2/c1-11(16(24)21-15-6-4-3-5-14(15)19)26-18-23-22-17(27-18)20-12-7-9-13(25-2)10-8-12/h3-11H,1-2H3,(H,20,22)(H,21,24). The van der Waals surface area contributed by atoms with Crippen molar-refractivity contribution >= 4 is 45.5 Å². The third-order valence-corrected chi connectivity index (χ3v) is 5.55. The van der Waals surface area contributed by atoms with Gasteiger partial charge in [-0.25, -0.2) is 4.39 Å². The van der Waals surface area contributed by atoms with E-state index in [1.165, 1.54) is 35.2 Å². The number of methoxy groups -OCH3 is 1. The van der Waals surface area contributed by atoms with Gasteiger partial charge in [-0.05, 0) is 43.3 Å². The van der Waals surface area contributed by atoms with E-state index in [2.05, 4.69) is 20.8 Å². The fourth-order valence-corrected chi connectivity index (χ4v) is 4.02. The summed E-state index contributed by atoms with van der Waals surface area (Å²) >= 11 is 2.60. The molecule has 9 heteroatoms. The van der Waals surface area contributed by atoms with Crippen molar-refractivity contribution in [3.8, 4) is 5.75 Å². The van der Waals surface area contributed by atoms with Gasteiger partial charge in [-0.15, -0.1) is 10.2 Å². The van der Waals surface area contributed by atoms with Crippen LogP contribution in [0.2, 0.25) is 0 Å². The molecule has 6 nitrogen and oxygen atoms in total. The van der Waals surface area contributed by atoms with Gasteiger partial charge in [0.05, 0.1) is 18.0 Å². The van der Waals surface area contributed by atoms with E-state index in [1.807, 2.05) is 24.3 Å². The molecule has 0 spiro atoms. The van der Waals surface area contributed by atoms with Crippen LogP contribution in [0, 0.1) is 5.82 Å². The molecule has 1 amide bonds. The maximum absolute atomic E-state index is 13.6. The second kappa shape index (κ2) is 8.83. The average Bonchev–Trinajstić information content (AvgIpc) is 3.11. The Morgan fingerprint density at radius 1 is 1.19 bits per heavy atom. The van der Waals surface area contributed by atoms with Crippen LogP contribution < -0.4 is 15.4 Å². The lowest BCUT2D eigenvalue weighted by molar-refractivity contribution is -0.115. The zero-order valence-corrected chi connectivity index (χ0v) is 16.2. The molecule has 0 radical (unpaired) electrons. The second-order valence-corrected chi connectivity index (χ2v) is 8.02. The van der Waals surface area contributed by atoms with Crippen LogP contribution in [-0.4, -0.2) is 28.5 Å². The molecule has 0 aliphatic rings. The first-order chi connectivity index (χ1) is 13.0. The van der Waals surface area contributed by atoms with Crippen molar-refractivity contribution in [2.24, 2.45) is 0 Å². The molecular formula is C18H17FN4O2S2. The quantitative estimate of drug-likeness (QED) is 0.563. The van der Waals surface area contributed by atoms with Crippen molar-refractivity contribution in [1.29, 1.82) is 0 Å². The van der Waals surface area contributed by atoms with E-state index < -0.39 is 11.1 Å². The maximum Gasteiger partial charge on any atom is 0.237 e. The molecule has 0 saturated heterocycles. The molecule has 0 bridgehead atoms. The number of hydrogen-bond acceptors (Lipinski definition) is 7. The number of thioether (sulfide) groups is 1. The lowest BCUT2D eigenvalue weighted by atomic mass is 10.3. The van der Waals surface area contributed by atoms with Gasteiger partial charge in [0, 0.05) is 5.69 Å². The topological polar surface area (TPSA) is 76.1 Å². The molecule has 2 aromatic carbocycles. The smallest absolute Gasteiger partial charge is 0.237 e. The second-order valence-electron chi connectivity index (χ2n) is 5.46. The van der Waals surface area contributed by atoms with Crippen LogP contribution in [0.5, 0.6) is 5.75 Å². The Labute approximate surface area is 164 Å². The number of anilines is 3. The van der Waals surface area contributed by atoms with Gasteiger partial charge in [-0.2, -0.15) is 0 Å². The van der Waals surface area contributed by atoms with Crippen LogP contribution in [0.15, 0.2) is 52.9 Å². The number of nitrogens with one attached hydrogen (secondary N) is 2. The summed E-state index contributed by atoms with van der Waals surface area (Å²) in [7, 11) is 1.61. The van der Waals surface area contributed by atoms with E-state index in [-0.39, 0.29) is 11.6 Å². The lowest BCUT2D eigenvalue weighted by Crippen LogP contribution is -2.22. The summed E-state index contributed by atoms with van der Waals surface area (Å²) in [6.45, 7) is 1.73. The highest BCUT2D eigenvalue weighted by molar-refractivity contribution is 8.02. The van der Waals surface area contributed by atoms with E-state index in [0.29, 0.717) is 9.47 Å². The molecule has 2 N–H and O–H groups in total. The first-order valence-electron chi connectivity index (χ1n) is 8.02. The van der Waals surface area contributed by atoms with E-state index >= 15 is 0 Å². The van der Waals surface area contributed by atoms with Crippen molar-refractivity contribution in [3.63, 3.8) is 0 Å². The highest BCUT2D eigenvalue weighted by atomic mass is 32.2. The van der Waals surface area contributed by atoms with Gasteiger partial charge in [0.1, 0.15) is 11.6 Å². The van der Waals surface area contributed by atoms with Crippen LogP contribution in [0.1, 0.15) is 6.92 Å². The first-order valence-corrected chi connectivity index (χ1v) is 9.71. The van der Waals surface area contributed by atoms with Crippen molar-refractivity contribution in [3.05, 3.63) is 54.3 Å². The molecule has 3 rings (SSSR count).